The van der Waals surface area contributed by atoms with Gasteiger partial charge in [-0.25, -0.2) is 4.79 Å². The van der Waals surface area contributed by atoms with E-state index in [0.717, 1.165) is 6.07 Å². The van der Waals surface area contributed by atoms with E-state index in [1.54, 1.807) is 6.07 Å². The summed E-state index contributed by atoms with van der Waals surface area (Å²) >= 11 is 0. The first kappa shape index (κ1) is 16.3. The van der Waals surface area contributed by atoms with Crippen LogP contribution in [0.15, 0.2) is 42.5 Å². The fraction of sp³-hybridized carbons (Fsp3) is 0.235. The summed E-state index contributed by atoms with van der Waals surface area (Å²) in [6, 6.07) is 9.55. The molecule has 0 aliphatic heterocycles. The molecule has 3 rings (SSSR count). The minimum Gasteiger partial charge on any atom is -0.479 e. The number of aliphatic hydroxyl groups is 1. The molecule has 0 saturated heterocycles. The molecule has 1 aliphatic rings. The molecule has 126 valence electrons. The van der Waals surface area contributed by atoms with Gasteiger partial charge in [-0.3, -0.25) is 0 Å². The normalized spacial score (nSPS) is 20.2. The van der Waals surface area contributed by atoms with E-state index in [1.165, 1.54) is 37.3 Å². The van der Waals surface area contributed by atoms with Crippen LogP contribution in [-0.4, -0.2) is 28.5 Å². The molecule has 7 heteroatoms. The summed E-state index contributed by atoms with van der Waals surface area (Å²) in [6.45, 7) is 1.26. The summed E-state index contributed by atoms with van der Waals surface area (Å²) in [4.78, 5) is 10.8. The minimum atomic E-state index is -4.94. The fourth-order valence-corrected chi connectivity index (χ4v) is 2.87. The summed E-state index contributed by atoms with van der Waals surface area (Å²) < 4.78 is 46.0. The third-order valence-corrected chi connectivity index (χ3v) is 4.06. The van der Waals surface area contributed by atoms with Crippen LogP contribution in [0, 0.1) is 0 Å². The topological polar surface area (TPSA) is 66.8 Å². The first-order chi connectivity index (χ1) is 11.2. The maximum absolute atomic E-state index is 13.6. The molecule has 0 aromatic heterocycles. The van der Waals surface area contributed by atoms with Gasteiger partial charge in [-0.2, -0.15) is 13.2 Å². The van der Waals surface area contributed by atoms with E-state index in [9.17, 15) is 23.1 Å². The quantitative estimate of drug-likeness (QED) is 0.901. The number of carbonyl (C=O) groups is 1. The first-order valence-corrected chi connectivity index (χ1v) is 7.09. The van der Waals surface area contributed by atoms with Crippen molar-refractivity contribution in [1.82, 2.24) is 0 Å². The standard InChI is InChI=1S/C17H13F3O4/c1-9(15(21)22)24-10-6-7-12-11-4-2-3-5-13(11)16(23,14(12)8-10)17(18,19)20/h2-9,23H,1H3,(H,21,22). The maximum atomic E-state index is 13.6. The fourth-order valence-electron chi connectivity index (χ4n) is 2.87. The molecule has 0 radical (unpaired) electrons. The predicted molar refractivity (Wildman–Crippen MR) is 78.7 cm³/mol. The van der Waals surface area contributed by atoms with Crippen LogP contribution < -0.4 is 4.74 Å². The third kappa shape index (κ3) is 2.24. The molecule has 2 aromatic rings. The van der Waals surface area contributed by atoms with Gasteiger partial charge in [0.15, 0.2) is 6.10 Å². The predicted octanol–water partition coefficient (Wildman–Crippen LogP) is 3.32. The summed E-state index contributed by atoms with van der Waals surface area (Å²) in [6.07, 6.45) is -6.17. The largest absolute Gasteiger partial charge is 0.479 e. The molecule has 2 unspecified atom stereocenters. The smallest absolute Gasteiger partial charge is 0.425 e. The Hall–Kier alpha value is -2.54. The van der Waals surface area contributed by atoms with Crippen molar-refractivity contribution in [1.29, 1.82) is 0 Å². The first-order valence-electron chi connectivity index (χ1n) is 7.09. The summed E-state index contributed by atoms with van der Waals surface area (Å²) in [7, 11) is 0. The molecular formula is C17H13F3O4. The van der Waals surface area contributed by atoms with Crippen molar-refractivity contribution in [2.75, 3.05) is 0 Å². The van der Waals surface area contributed by atoms with Gasteiger partial charge in [0, 0.05) is 11.1 Å². The van der Waals surface area contributed by atoms with Crippen molar-refractivity contribution in [2.24, 2.45) is 0 Å². The lowest BCUT2D eigenvalue weighted by molar-refractivity contribution is -0.246. The monoisotopic (exact) mass is 338 g/mol. The second kappa shape index (κ2) is 5.24. The van der Waals surface area contributed by atoms with Crippen LogP contribution in [0.5, 0.6) is 5.75 Å². The van der Waals surface area contributed by atoms with E-state index < -0.39 is 23.9 Å². The summed E-state index contributed by atoms with van der Waals surface area (Å²) in [5, 5.41) is 19.4. The summed E-state index contributed by atoms with van der Waals surface area (Å²) in [5.74, 6) is -1.30. The zero-order valence-electron chi connectivity index (χ0n) is 12.5. The zero-order chi connectivity index (χ0) is 17.7. The van der Waals surface area contributed by atoms with E-state index in [0.29, 0.717) is 0 Å². The van der Waals surface area contributed by atoms with Gasteiger partial charge in [-0.15, -0.1) is 0 Å². The molecule has 4 nitrogen and oxygen atoms in total. The highest BCUT2D eigenvalue weighted by atomic mass is 19.4. The molecule has 2 atom stereocenters. The highest BCUT2D eigenvalue weighted by molar-refractivity contribution is 5.81. The molecule has 0 amide bonds. The number of fused-ring (bicyclic) bond motifs is 3. The third-order valence-electron chi connectivity index (χ3n) is 4.06. The number of ether oxygens (including phenoxy) is 1. The number of hydrogen-bond donors (Lipinski definition) is 2. The maximum Gasteiger partial charge on any atom is 0.425 e. The van der Waals surface area contributed by atoms with Crippen molar-refractivity contribution < 1.29 is 32.9 Å². The Balaban J connectivity index is 2.17. The van der Waals surface area contributed by atoms with E-state index in [2.05, 4.69) is 0 Å². The van der Waals surface area contributed by atoms with E-state index in [1.807, 2.05) is 0 Å². The van der Waals surface area contributed by atoms with Crippen molar-refractivity contribution in [3.63, 3.8) is 0 Å². The molecule has 2 N–H and O–H groups in total. The minimum absolute atomic E-state index is 0.0564. The Morgan fingerprint density at radius 1 is 1.12 bits per heavy atom. The second-order valence-electron chi connectivity index (χ2n) is 5.56. The summed E-state index contributed by atoms with van der Waals surface area (Å²) in [5.41, 5.74) is -3.27. The lowest BCUT2D eigenvalue weighted by Crippen LogP contribution is -2.41. The lowest BCUT2D eigenvalue weighted by atomic mass is 9.90. The number of aliphatic carboxylic acids is 1. The average Bonchev–Trinajstić information content (AvgIpc) is 2.78. The van der Waals surface area contributed by atoms with Crippen LogP contribution >= 0.6 is 0 Å². The van der Waals surface area contributed by atoms with Crippen molar-refractivity contribution >= 4 is 5.97 Å². The number of rotatable bonds is 3. The highest BCUT2D eigenvalue weighted by Crippen LogP contribution is 2.55. The molecular weight excluding hydrogens is 325 g/mol. The van der Waals surface area contributed by atoms with E-state index in [4.69, 9.17) is 9.84 Å². The van der Waals surface area contributed by atoms with E-state index in [-0.39, 0.29) is 28.0 Å². The van der Waals surface area contributed by atoms with Crippen LogP contribution in [-0.2, 0) is 10.4 Å². The van der Waals surface area contributed by atoms with Crippen LogP contribution in [0.4, 0.5) is 13.2 Å². The number of halogens is 3. The van der Waals surface area contributed by atoms with Gasteiger partial charge in [-0.05, 0) is 30.2 Å². The molecule has 0 bridgehead atoms. The number of carboxylic acid groups (broad SMARTS) is 1. The molecule has 0 saturated carbocycles. The SMILES string of the molecule is CC(Oc1ccc2c(c1)C(O)(C(F)(F)F)c1ccccc1-2)C(=O)O. The number of carboxylic acids is 1. The number of hydrogen-bond acceptors (Lipinski definition) is 3. The van der Waals surface area contributed by atoms with Gasteiger partial charge in [0.1, 0.15) is 5.75 Å². The zero-order valence-corrected chi connectivity index (χ0v) is 12.5. The Kier molecular flexibility index (Phi) is 3.56. The Bertz CT molecular complexity index is 816. The molecule has 0 spiro atoms. The number of alkyl halides is 3. The van der Waals surface area contributed by atoms with Gasteiger partial charge >= 0.3 is 12.1 Å². The number of benzene rings is 2. The van der Waals surface area contributed by atoms with Crippen LogP contribution in [0.2, 0.25) is 0 Å². The lowest BCUT2D eigenvalue weighted by Gasteiger charge is -2.28. The Morgan fingerprint density at radius 3 is 2.38 bits per heavy atom. The molecule has 1 aliphatic carbocycles. The molecule has 24 heavy (non-hydrogen) atoms. The molecule has 2 aromatic carbocycles. The Morgan fingerprint density at radius 2 is 1.75 bits per heavy atom. The van der Waals surface area contributed by atoms with Gasteiger partial charge < -0.3 is 14.9 Å². The van der Waals surface area contributed by atoms with Crippen molar-refractivity contribution in [2.45, 2.75) is 24.8 Å². The van der Waals surface area contributed by atoms with Crippen molar-refractivity contribution in [3.8, 4) is 16.9 Å². The van der Waals surface area contributed by atoms with Crippen LogP contribution in [0.25, 0.3) is 11.1 Å². The van der Waals surface area contributed by atoms with Crippen molar-refractivity contribution in [3.05, 3.63) is 53.6 Å². The van der Waals surface area contributed by atoms with Gasteiger partial charge in [0.25, 0.3) is 0 Å². The molecule has 0 fully saturated rings. The van der Waals surface area contributed by atoms with Gasteiger partial charge in [0.2, 0.25) is 5.60 Å². The van der Waals surface area contributed by atoms with Crippen LogP contribution in [0.3, 0.4) is 0 Å². The van der Waals surface area contributed by atoms with Crippen LogP contribution in [0.1, 0.15) is 18.1 Å². The second-order valence-corrected chi connectivity index (χ2v) is 5.56. The Labute approximate surface area is 135 Å². The van der Waals surface area contributed by atoms with Gasteiger partial charge in [-0.1, -0.05) is 30.3 Å². The molecule has 0 heterocycles. The van der Waals surface area contributed by atoms with Gasteiger partial charge in [0.05, 0.1) is 0 Å². The average molecular weight is 338 g/mol. The highest BCUT2D eigenvalue weighted by Gasteiger charge is 2.60. The van der Waals surface area contributed by atoms with E-state index >= 15 is 0 Å².